The number of carbonyl (C=O) groups excluding carboxylic acids is 1. The topological polar surface area (TPSA) is 107 Å². The molecule has 0 aliphatic carbocycles. The Morgan fingerprint density at radius 2 is 2.37 bits per heavy atom. The Morgan fingerprint density at radius 1 is 1.63 bits per heavy atom. The zero-order chi connectivity index (χ0) is 14.3. The van der Waals surface area contributed by atoms with Crippen LogP contribution in [0.2, 0.25) is 0 Å². The summed E-state index contributed by atoms with van der Waals surface area (Å²) in [5, 5.41) is 14.6. The van der Waals surface area contributed by atoms with Gasteiger partial charge in [-0.3, -0.25) is 25.3 Å². The van der Waals surface area contributed by atoms with Crippen molar-refractivity contribution in [2.75, 3.05) is 12.0 Å². The third-order valence-electron chi connectivity index (χ3n) is 2.07. The second-order valence-corrected chi connectivity index (χ2v) is 3.59. The van der Waals surface area contributed by atoms with Crippen LogP contribution in [-0.4, -0.2) is 28.2 Å². The maximum Gasteiger partial charge on any atom is 0.312 e. The molecular weight excluding hydrogens is 252 g/mol. The first-order valence-corrected chi connectivity index (χ1v) is 5.57. The number of nitrogens with zero attached hydrogens (tertiary/aromatic N) is 3. The van der Waals surface area contributed by atoms with Gasteiger partial charge in [-0.15, -0.1) is 0 Å². The molecule has 19 heavy (non-hydrogen) atoms. The molecule has 1 N–H and O–H groups in total. The average molecular weight is 266 g/mol. The quantitative estimate of drug-likeness (QED) is 0.363. The van der Waals surface area contributed by atoms with Crippen LogP contribution in [0.1, 0.15) is 20.3 Å². The number of carbonyl (C=O) groups is 1. The zero-order valence-electron chi connectivity index (χ0n) is 10.6. The minimum Gasteiger partial charge on any atom is -0.466 e. The molecule has 8 heteroatoms. The lowest BCUT2D eigenvalue weighted by Gasteiger charge is -2.04. The first kappa shape index (κ1) is 14.6. The van der Waals surface area contributed by atoms with Gasteiger partial charge in [0.05, 0.1) is 18.0 Å². The summed E-state index contributed by atoms with van der Waals surface area (Å²) < 4.78 is 4.76. The summed E-state index contributed by atoms with van der Waals surface area (Å²) in [6.07, 6.45) is 2.56. The van der Waals surface area contributed by atoms with Crippen molar-refractivity contribution in [2.45, 2.75) is 20.3 Å². The first-order valence-electron chi connectivity index (χ1n) is 5.57. The van der Waals surface area contributed by atoms with Crippen molar-refractivity contribution in [3.63, 3.8) is 0 Å². The lowest BCUT2D eigenvalue weighted by molar-refractivity contribution is -0.384. The molecule has 0 bridgehead atoms. The molecule has 0 fully saturated rings. The molecule has 0 aliphatic rings. The monoisotopic (exact) mass is 266 g/mol. The van der Waals surface area contributed by atoms with Gasteiger partial charge in [0.15, 0.2) is 0 Å². The zero-order valence-corrected chi connectivity index (χ0v) is 10.6. The van der Waals surface area contributed by atoms with E-state index in [1.807, 2.05) is 0 Å². The molecular formula is C11H14N4O4. The molecule has 0 aliphatic heterocycles. The van der Waals surface area contributed by atoms with E-state index in [1.165, 1.54) is 12.3 Å². The van der Waals surface area contributed by atoms with Gasteiger partial charge >= 0.3 is 11.7 Å². The SMILES string of the molecule is CCOC(=O)C/C(C)=N\Nc1ccncc1[N+](=O)[O-]. The summed E-state index contributed by atoms with van der Waals surface area (Å²) in [5.41, 5.74) is 3.03. The number of hydrazone groups is 1. The van der Waals surface area contributed by atoms with Crippen LogP contribution < -0.4 is 5.43 Å². The summed E-state index contributed by atoms with van der Waals surface area (Å²) >= 11 is 0. The summed E-state index contributed by atoms with van der Waals surface area (Å²) in [7, 11) is 0. The lowest BCUT2D eigenvalue weighted by atomic mass is 10.3. The van der Waals surface area contributed by atoms with Gasteiger partial charge in [0.2, 0.25) is 0 Å². The molecule has 0 spiro atoms. The summed E-state index contributed by atoms with van der Waals surface area (Å²) in [6, 6.07) is 1.43. The molecule has 0 unspecified atom stereocenters. The number of nitrogens with one attached hydrogen (secondary N) is 1. The van der Waals surface area contributed by atoms with Crippen molar-refractivity contribution in [1.29, 1.82) is 0 Å². The van der Waals surface area contributed by atoms with Crippen LogP contribution >= 0.6 is 0 Å². The standard InChI is InChI=1S/C11H14N4O4/c1-3-19-11(16)6-8(2)13-14-9-4-5-12-7-10(9)15(17)18/h4-5,7H,3,6H2,1-2H3,(H,12,14)/b13-8-. The molecule has 0 atom stereocenters. The number of hydrogen-bond acceptors (Lipinski definition) is 7. The van der Waals surface area contributed by atoms with Crippen molar-refractivity contribution >= 4 is 23.1 Å². The van der Waals surface area contributed by atoms with Crippen LogP contribution in [-0.2, 0) is 9.53 Å². The number of hydrogen-bond donors (Lipinski definition) is 1. The Hall–Kier alpha value is -2.51. The highest BCUT2D eigenvalue weighted by atomic mass is 16.6. The van der Waals surface area contributed by atoms with Gasteiger partial charge in [-0.2, -0.15) is 5.10 Å². The van der Waals surface area contributed by atoms with Crippen molar-refractivity contribution < 1.29 is 14.5 Å². The van der Waals surface area contributed by atoms with Crippen LogP contribution in [0.15, 0.2) is 23.6 Å². The van der Waals surface area contributed by atoms with Crippen LogP contribution in [0, 0.1) is 10.1 Å². The third kappa shape index (κ3) is 4.70. The normalized spacial score (nSPS) is 10.9. The van der Waals surface area contributed by atoms with E-state index in [0.29, 0.717) is 12.3 Å². The molecule has 102 valence electrons. The number of esters is 1. The van der Waals surface area contributed by atoms with Crippen LogP contribution in [0.5, 0.6) is 0 Å². The van der Waals surface area contributed by atoms with Gasteiger partial charge < -0.3 is 4.74 Å². The van der Waals surface area contributed by atoms with Gasteiger partial charge in [-0.05, 0) is 19.9 Å². The number of ether oxygens (including phenoxy) is 1. The van der Waals surface area contributed by atoms with Gasteiger partial charge in [-0.1, -0.05) is 0 Å². The number of aromatic nitrogens is 1. The van der Waals surface area contributed by atoms with Crippen molar-refractivity contribution in [1.82, 2.24) is 4.98 Å². The minimum absolute atomic E-state index is 0.0275. The molecule has 1 aromatic rings. The van der Waals surface area contributed by atoms with E-state index >= 15 is 0 Å². The highest BCUT2D eigenvalue weighted by Gasteiger charge is 2.12. The van der Waals surface area contributed by atoms with E-state index in [0.717, 1.165) is 6.20 Å². The molecule has 0 aromatic carbocycles. The molecule has 0 saturated carbocycles. The first-order chi connectivity index (χ1) is 9.04. The van der Waals surface area contributed by atoms with E-state index in [2.05, 4.69) is 15.5 Å². The van der Waals surface area contributed by atoms with Gasteiger partial charge in [-0.25, -0.2) is 0 Å². The molecule has 1 aromatic heterocycles. The van der Waals surface area contributed by atoms with Crippen molar-refractivity contribution in [3.8, 4) is 0 Å². The van der Waals surface area contributed by atoms with E-state index < -0.39 is 10.9 Å². The Labute approximate surface area is 109 Å². The average Bonchev–Trinajstić information content (AvgIpc) is 2.36. The number of pyridine rings is 1. The maximum absolute atomic E-state index is 11.2. The molecule has 0 radical (unpaired) electrons. The predicted molar refractivity (Wildman–Crippen MR) is 68.9 cm³/mol. The largest absolute Gasteiger partial charge is 0.466 e. The van der Waals surface area contributed by atoms with Gasteiger partial charge in [0, 0.05) is 11.9 Å². The smallest absolute Gasteiger partial charge is 0.312 e. The second-order valence-electron chi connectivity index (χ2n) is 3.59. The number of nitro groups is 1. The second kappa shape index (κ2) is 7.04. The van der Waals surface area contributed by atoms with E-state index in [4.69, 9.17) is 4.74 Å². The lowest BCUT2D eigenvalue weighted by Crippen LogP contribution is -2.10. The van der Waals surface area contributed by atoms with Crippen LogP contribution in [0.25, 0.3) is 0 Å². The summed E-state index contributed by atoms with van der Waals surface area (Å²) in [5.74, 6) is -0.394. The van der Waals surface area contributed by atoms with Crippen LogP contribution in [0.4, 0.5) is 11.4 Å². The Kier molecular flexibility index (Phi) is 5.39. The van der Waals surface area contributed by atoms with E-state index in [-0.39, 0.29) is 17.8 Å². The number of rotatable bonds is 6. The van der Waals surface area contributed by atoms with E-state index in [9.17, 15) is 14.9 Å². The molecule has 1 heterocycles. The fourth-order valence-electron chi connectivity index (χ4n) is 1.24. The Bertz CT molecular complexity index is 501. The van der Waals surface area contributed by atoms with Crippen molar-refractivity contribution in [3.05, 3.63) is 28.6 Å². The van der Waals surface area contributed by atoms with Gasteiger partial charge in [0.1, 0.15) is 11.9 Å². The number of anilines is 1. The highest BCUT2D eigenvalue weighted by Crippen LogP contribution is 2.21. The Morgan fingerprint density at radius 3 is 3.00 bits per heavy atom. The summed E-state index contributed by atoms with van der Waals surface area (Å²) in [4.78, 5) is 25.0. The fraction of sp³-hybridized carbons (Fsp3) is 0.364. The molecule has 1 rings (SSSR count). The summed E-state index contributed by atoms with van der Waals surface area (Å²) in [6.45, 7) is 3.63. The van der Waals surface area contributed by atoms with Gasteiger partial charge in [0.25, 0.3) is 0 Å². The third-order valence-corrected chi connectivity index (χ3v) is 2.07. The van der Waals surface area contributed by atoms with Crippen molar-refractivity contribution in [2.24, 2.45) is 5.10 Å². The highest BCUT2D eigenvalue weighted by molar-refractivity contribution is 5.97. The molecule has 0 saturated heterocycles. The predicted octanol–water partition coefficient (Wildman–Crippen LogP) is 1.73. The maximum atomic E-state index is 11.2. The fourth-order valence-corrected chi connectivity index (χ4v) is 1.24. The molecule has 8 nitrogen and oxygen atoms in total. The molecule has 0 amide bonds. The Balaban J connectivity index is 2.70. The van der Waals surface area contributed by atoms with E-state index in [1.54, 1.807) is 13.8 Å². The minimum atomic E-state index is -0.564. The van der Waals surface area contributed by atoms with Crippen LogP contribution in [0.3, 0.4) is 0 Å².